The molecule has 1 aromatic carbocycles. The average molecular weight is 286 g/mol. The predicted molar refractivity (Wildman–Crippen MR) is 83.9 cm³/mol. The summed E-state index contributed by atoms with van der Waals surface area (Å²) >= 11 is 0. The molecule has 2 aromatic rings. The first-order valence-electron chi connectivity index (χ1n) is 7.24. The molecule has 0 unspecified atom stereocenters. The van der Waals surface area contributed by atoms with Gasteiger partial charge in [0.15, 0.2) is 11.5 Å². The normalized spacial score (nSPS) is 10.7. The summed E-state index contributed by atoms with van der Waals surface area (Å²) in [6.07, 6.45) is 0. The van der Waals surface area contributed by atoms with Crippen molar-refractivity contribution in [2.75, 3.05) is 6.61 Å². The summed E-state index contributed by atoms with van der Waals surface area (Å²) in [5, 5.41) is 0. The van der Waals surface area contributed by atoms with Gasteiger partial charge in [-0.1, -0.05) is 26.0 Å². The lowest BCUT2D eigenvalue weighted by atomic mass is 10.1. The van der Waals surface area contributed by atoms with Gasteiger partial charge in [0.25, 0.3) is 0 Å². The molecule has 0 radical (unpaired) electrons. The molecule has 4 heteroatoms. The molecule has 0 aliphatic carbocycles. The van der Waals surface area contributed by atoms with Gasteiger partial charge in [0.2, 0.25) is 5.88 Å². The highest BCUT2D eigenvalue weighted by molar-refractivity contribution is 5.42. The Morgan fingerprint density at radius 3 is 2.48 bits per heavy atom. The van der Waals surface area contributed by atoms with Crippen molar-refractivity contribution in [1.29, 1.82) is 0 Å². The van der Waals surface area contributed by atoms with Crippen LogP contribution >= 0.6 is 0 Å². The van der Waals surface area contributed by atoms with Crippen molar-refractivity contribution in [3.8, 4) is 17.4 Å². The number of hydrogen-bond acceptors (Lipinski definition) is 4. The van der Waals surface area contributed by atoms with Crippen LogP contribution in [0.15, 0.2) is 36.4 Å². The molecule has 0 aliphatic heterocycles. The summed E-state index contributed by atoms with van der Waals surface area (Å²) in [6, 6.07) is 11.5. The summed E-state index contributed by atoms with van der Waals surface area (Å²) in [4.78, 5) is 4.54. The first-order chi connectivity index (χ1) is 10.1. The topological polar surface area (TPSA) is 57.4 Å². The molecule has 2 rings (SSSR count). The third-order valence-electron chi connectivity index (χ3n) is 3.07. The molecule has 112 valence electrons. The minimum absolute atomic E-state index is 0.320. The van der Waals surface area contributed by atoms with E-state index in [9.17, 15) is 0 Å². The Morgan fingerprint density at radius 2 is 1.86 bits per heavy atom. The Kier molecular flexibility index (Phi) is 5.17. The number of benzene rings is 1. The van der Waals surface area contributed by atoms with Crippen molar-refractivity contribution in [3.05, 3.63) is 47.7 Å². The second-order valence-electron chi connectivity index (χ2n) is 5.08. The maximum atomic E-state index is 5.90. The molecule has 0 fully saturated rings. The highest BCUT2D eigenvalue weighted by atomic mass is 16.5. The van der Waals surface area contributed by atoms with Crippen LogP contribution in [0.25, 0.3) is 0 Å². The third-order valence-corrected chi connectivity index (χ3v) is 3.07. The van der Waals surface area contributed by atoms with Gasteiger partial charge < -0.3 is 15.2 Å². The zero-order valence-electron chi connectivity index (χ0n) is 12.8. The fraction of sp³-hybridized carbons (Fsp3) is 0.353. The Balaban J connectivity index is 2.32. The molecule has 0 aliphatic rings. The fourth-order valence-corrected chi connectivity index (χ4v) is 1.97. The molecule has 0 bridgehead atoms. The van der Waals surface area contributed by atoms with Crippen LogP contribution < -0.4 is 15.2 Å². The summed E-state index contributed by atoms with van der Waals surface area (Å²) in [5.74, 6) is 2.25. The second-order valence-corrected chi connectivity index (χ2v) is 5.08. The van der Waals surface area contributed by atoms with Crippen LogP contribution in [0.3, 0.4) is 0 Å². The van der Waals surface area contributed by atoms with Crippen molar-refractivity contribution in [3.63, 3.8) is 0 Å². The predicted octanol–water partition coefficient (Wildman–Crippen LogP) is 3.85. The zero-order chi connectivity index (χ0) is 15.2. The minimum Gasteiger partial charge on any atom is -0.490 e. The molecule has 2 N–H and O–H groups in total. The molecule has 0 spiro atoms. The van der Waals surface area contributed by atoms with Crippen LogP contribution in [0.1, 0.15) is 37.9 Å². The molecular formula is C17H22N2O2. The van der Waals surface area contributed by atoms with Crippen LogP contribution in [0, 0.1) is 0 Å². The van der Waals surface area contributed by atoms with Crippen LogP contribution in [0.4, 0.5) is 0 Å². The Morgan fingerprint density at radius 1 is 1.14 bits per heavy atom. The SMILES string of the molecule is CCOc1ccccc1Oc1cc(CN)cc(C(C)C)n1. The van der Waals surface area contributed by atoms with E-state index in [1.54, 1.807) is 0 Å². The largest absolute Gasteiger partial charge is 0.490 e. The monoisotopic (exact) mass is 286 g/mol. The zero-order valence-corrected chi connectivity index (χ0v) is 12.8. The Bertz CT molecular complexity index is 597. The third kappa shape index (κ3) is 3.95. The lowest BCUT2D eigenvalue weighted by molar-refractivity contribution is 0.319. The first kappa shape index (κ1) is 15.3. The smallest absolute Gasteiger partial charge is 0.219 e. The summed E-state index contributed by atoms with van der Waals surface area (Å²) in [7, 11) is 0. The number of pyridine rings is 1. The summed E-state index contributed by atoms with van der Waals surface area (Å²) < 4.78 is 11.5. The van der Waals surface area contributed by atoms with E-state index < -0.39 is 0 Å². The van der Waals surface area contributed by atoms with E-state index in [-0.39, 0.29) is 0 Å². The van der Waals surface area contributed by atoms with Crippen LogP contribution in [-0.2, 0) is 6.54 Å². The van der Waals surface area contributed by atoms with Gasteiger partial charge in [0.1, 0.15) is 0 Å². The molecule has 1 aromatic heterocycles. The van der Waals surface area contributed by atoms with E-state index in [0.717, 1.165) is 11.3 Å². The van der Waals surface area contributed by atoms with Crippen LogP contribution in [-0.4, -0.2) is 11.6 Å². The average Bonchev–Trinajstić information content (AvgIpc) is 2.49. The van der Waals surface area contributed by atoms with Crippen molar-refractivity contribution in [1.82, 2.24) is 4.98 Å². The van der Waals surface area contributed by atoms with Gasteiger partial charge in [-0.15, -0.1) is 0 Å². The van der Waals surface area contributed by atoms with Crippen molar-refractivity contribution in [2.45, 2.75) is 33.2 Å². The van der Waals surface area contributed by atoms with Crippen molar-refractivity contribution < 1.29 is 9.47 Å². The quantitative estimate of drug-likeness (QED) is 0.876. The maximum absolute atomic E-state index is 5.90. The molecular weight excluding hydrogens is 264 g/mol. The number of ether oxygens (including phenoxy) is 2. The number of nitrogens with two attached hydrogens (primary N) is 1. The minimum atomic E-state index is 0.320. The van der Waals surface area contributed by atoms with Gasteiger partial charge in [-0.05, 0) is 36.6 Å². The molecule has 1 heterocycles. The lowest BCUT2D eigenvalue weighted by Gasteiger charge is -2.13. The second kappa shape index (κ2) is 7.09. The van der Waals surface area contributed by atoms with Crippen molar-refractivity contribution >= 4 is 0 Å². The first-order valence-corrected chi connectivity index (χ1v) is 7.24. The number of aromatic nitrogens is 1. The molecule has 0 saturated carbocycles. The van der Waals surface area contributed by atoms with Crippen LogP contribution in [0.2, 0.25) is 0 Å². The molecule has 21 heavy (non-hydrogen) atoms. The van der Waals surface area contributed by atoms with Gasteiger partial charge in [-0.25, -0.2) is 4.98 Å². The summed E-state index contributed by atoms with van der Waals surface area (Å²) in [6.45, 7) is 7.20. The van der Waals surface area contributed by atoms with Gasteiger partial charge in [0, 0.05) is 18.3 Å². The standard InChI is InChI=1S/C17H22N2O2/c1-4-20-15-7-5-6-8-16(15)21-17-10-13(11-18)9-14(19-17)12(2)3/h5-10,12H,4,11,18H2,1-3H3. The van der Waals surface area contributed by atoms with E-state index in [1.165, 1.54) is 0 Å². The number of rotatable bonds is 6. The van der Waals surface area contributed by atoms with Crippen molar-refractivity contribution in [2.24, 2.45) is 5.73 Å². The van der Waals surface area contributed by atoms with Gasteiger partial charge >= 0.3 is 0 Å². The number of para-hydroxylation sites is 2. The van der Waals surface area contributed by atoms with E-state index in [1.807, 2.05) is 43.3 Å². The molecule has 0 amide bonds. The van der Waals surface area contributed by atoms with E-state index in [2.05, 4.69) is 18.8 Å². The van der Waals surface area contributed by atoms with Gasteiger partial charge in [-0.2, -0.15) is 0 Å². The van der Waals surface area contributed by atoms with E-state index in [4.69, 9.17) is 15.2 Å². The molecule has 0 saturated heterocycles. The number of nitrogens with zero attached hydrogens (tertiary/aromatic N) is 1. The lowest BCUT2D eigenvalue weighted by Crippen LogP contribution is -2.03. The summed E-state index contributed by atoms with van der Waals surface area (Å²) in [5.41, 5.74) is 7.74. The van der Waals surface area contributed by atoms with E-state index >= 15 is 0 Å². The van der Waals surface area contributed by atoms with Crippen LogP contribution in [0.5, 0.6) is 17.4 Å². The maximum Gasteiger partial charge on any atom is 0.219 e. The Hall–Kier alpha value is -2.07. The highest BCUT2D eigenvalue weighted by Gasteiger charge is 2.10. The highest BCUT2D eigenvalue weighted by Crippen LogP contribution is 2.31. The van der Waals surface area contributed by atoms with Gasteiger partial charge in [0.05, 0.1) is 6.61 Å². The Labute approximate surface area is 125 Å². The number of hydrogen-bond donors (Lipinski definition) is 1. The molecule has 0 atom stereocenters. The molecule has 4 nitrogen and oxygen atoms in total. The van der Waals surface area contributed by atoms with Gasteiger partial charge in [-0.3, -0.25) is 0 Å². The van der Waals surface area contributed by atoms with E-state index in [0.29, 0.717) is 36.4 Å². The fourth-order valence-electron chi connectivity index (χ4n) is 1.97.